The van der Waals surface area contributed by atoms with E-state index in [4.69, 9.17) is 0 Å². The zero-order valence-corrected chi connectivity index (χ0v) is 14.5. The van der Waals surface area contributed by atoms with Gasteiger partial charge < -0.3 is 10.6 Å². The Balaban J connectivity index is 2.20. The topological polar surface area (TPSA) is 49.8 Å². The van der Waals surface area contributed by atoms with Gasteiger partial charge in [-0.05, 0) is 55.3 Å². The van der Waals surface area contributed by atoms with Gasteiger partial charge in [-0.1, -0.05) is 0 Å². The minimum Gasteiger partial charge on any atom is -0.362 e. The summed E-state index contributed by atoms with van der Waals surface area (Å²) in [5, 5.41) is 6.57. The van der Waals surface area contributed by atoms with Crippen LogP contribution in [0.4, 0.5) is 11.8 Å². The van der Waals surface area contributed by atoms with Gasteiger partial charge in [0.15, 0.2) is 0 Å². The van der Waals surface area contributed by atoms with Crippen LogP contribution in [0.2, 0.25) is 0 Å². The predicted molar refractivity (Wildman–Crippen MR) is 89.7 cm³/mol. The monoisotopic (exact) mass is 354 g/mol. The van der Waals surface area contributed by atoms with Gasteiger partial charge in [0.05, 0.1) is 10.5 Å². The molecule has 2 aromatic heterocycles. The van der Waals surface area contributed by atoms with E-state index in [1.165, 1.54) is 15.3 Å². The average molecular weight is 355 g/mol. The maximum absolute atomic E-state index is 4.49. The molecule has 108 valence electrons. The third kappa shape index (κ3) is 3.49. The Morgan fingerprint density at radius 3 is 2.75 bits per heavy atom. The summed E-state index contributed by atoms with van der Waals surface area (Å²) >= 11 is 5.32. The smallest absolute Gasteiger partial charge is 0.224 e. The molecule has 0 aliphatic carbocycles. The number of nitrogens with zero attached hydrogens (tertiary/aromatic N) is 2. The first-order chi connectivity index (χ1) is 9.51. The lowest BCUT2D eigenvalue weighted by Gasteiger charge is -2.16. The van der Waals surface area contributed by atoms with Crippen molar-refractivity contribution in [3.8, 4) is 0 Å². The largest absolute Gasteiger partial charge is 0.362 e. The molecule has 0 spiro atoms. The fraction of sp³-hybridized carbons (Fsp3) is 0.429. The molecule has 1 atom stereocenters. The number of halogens is 1. The van der Waals surface area contributed by atoms with Crippen molar-refractivity contribution in [2.45, 2.75) is 33.7 Å². The standard InChI is InChI=1S/C14H19BrN4S/c1-5-16-14-17-7-12(15)13(19-14)18-9(3)11-6-8(2)20-10(11)4/h6-7,9H,5H2,1-4H3,(H2,16,17,18,19). The van der Waals surface area contributed by atoms with Crippen LogP contribution >= 0.6 is 27.3 Å². The molecule has 0 aromatic carbocycles. The number of hydrogen-bond donors (Lipinski definition) is 2. The van der Waals surface area contributed by atoms with Crippen molar-refractivity contribution >= 4 is 39.0 Å². The van der Waals surface area contributed by atoms with Crippen molar-refractivity contribution < 1.29 is 0 Å². The highest BCUT2D eigenvalue weighted by Gasteiger charge is 2.13. The summed E-state index contributed by atoms with van der Waals surface area (Å²) in [6.45, 7) is 9.27. The van der Waals surface area contributed by atoms with Crippen LogP contribution < -0.4 is 10.6 Å². The van der Waals surface area contributed by atoms with E-state index < -0.39 is 0 Å². The van der Waals surface area contributed by atoms with E-state index in [1.807, 2.05) is 18.3 Å². The van der Waals surface area contributed by atoms with Gasteiger partial charge in [-0.3, -0.25) is 0 Å². The van der Waals surface area contributed by atoms with Crippen molar-refractivity contribution in [2.24, 2.45) is 0 Å². The van der Waals surface area contributed by atoms with Crippen LogP contribution in [0.3, 0.4) is 0 Å². The number of nitrogens with one attached hydrogen (secondary N) is 2. The zero-order chi connectivity index (χ0) is 14.7. The predicted octanol–water partition coefficient (Wildman–Crippen LogP) is 4.52. The summed E-state index contributed by atoms with van der Waals surface area (Å²) in [5.41, 5.74) is 1.32. The molecule has 20 heavy (non-hydrogen) atoms. The number of anilines is 2. The van der Waals surface area contributed by atoms with E-state index in [1.54, 1.807) is 6.20 Å². The van der Waals surface area contributed by atoms with E-state index in [0.717, 1.165) is 16.8 Å². The molecule has 0 radical (unpaired) electrons. The first-order valence-electron chi connectivity index (χ1n) is 6.61. The Kier molecular flexibility index (Phi) is 4.99. The van der Waals surface area contributed by atoms with E-state index in [0.29, 0.717) is 5.95 Å². The molecule has 4 nitrogen and oxygen atoms in total. The average Bonchev–Trinajstić information content (AvgIpc) is 2.73. The molecule has 0 bridgehead atoms. The van der Waals surface area contributed by atoms with Crippen molar-refractivity contribution in [2.75, 3.05) is 17.2 Å². The lowest BCUT2D eigenvalue weighted by atomic mass is 10.1. The first kappa shape index (κ1) is 15.3. The van der Waals surface area contributed by atoms with E-state index in [2.05, 4.69) is 63.4 Å². The summed E-state index contributed by atoms with van der Waals surface area (Å²) in [4.78, 5) is 11.4. The molecule has 0 fully saturated rings. The molecular weight excluding hydrogens is 336 g/mol. The normalized spacial score (nSPS) is 12.2. The van der Waals surface area contributed by atoms with Crippen LogP contribution in [0, 0.1) is 13.8 Å². The van der Waals surface area contributed by atoms with Crippen molar-refractivity contribution in [3.63, 3.8) is 0 Å². The highest BCUT2D eigenvalue weighted by atomic mass is 79.9. The van der Waals surface area contributed by atoms with Crippen LogP contribution in [-0.2, 0) is 0 Å². The van der Waals surface area contributed by atoms with E-state index in [-0.39, 0.29) is 6.04 Å². The lowest BCUT2D eigenvalue weighted by Crippen LogP contribution is -2.11. The maximum atomic E-state index is 4.49. The quantitative estimate of drug-likeness (QED) is 0.828. The number of rotatable bonds is 5. The van der Waals surface area contributed by atoms with Gasteiger partial charge in [0.2, 0.25) is 5.95 Å². The Hall–Kier alpha value is -1.14. The van der Waals surface area contributed by atoms with Crippen LogP contribution in [0.15, 0.2) is 16.7 Å². The third-order valence-electron chi connectivity index (χ3n) is 2.98. The third-order valence-corrected chi connectivity index (χ3v) is 4.54. The van der Waals surface area contributed by atoms with Gasteiger partial charge >= 0.3 is 0 Å². The number of aromatic nitrogens is 2. The van der Waals surface area contributed by atoms with Crippen molar-refractivity contribution in [1.29, 1.82) is 0 Å². The van der Waals surface area contributed by atoms with Crippen LogP contribution in [-0.4, -0.2) is 16.5 Å². The van der Waals surface area contributed by atoms with E-state index >= 15 is 0 Å². The van der Waals surface area contributed by atoms with E-state index in [9.17, 15) is 0 Å². The van der Waals surface area contributed by atoms with Crippen LogP contribution in [0.25, 0.3) is 0 Å². The summed E-state index contributed by atoms with van der Waals surface area (Å²) in [6.07, 6.45) is 1.77. The second-order valence-electron chi connectivity index (χ2n) is 4.66. The van der Waals surface area contributed by atoms with Gasteiger partial charge in [-0.25, -0.2) is 4.98 Å². The molecule has 6 heteroatoms. The Morgan fingerprint density at radius 1 is 1.40 bits per heavy atom. The molecule has 0 saturated heterocycles. The SMILES string of the molecule is CCNc1ncc(Br)c(NC(C)c2cc(C)sc2C)n1. The number of aryl methyl sites for hydroxylation is 2. The van der Waals surface area contributed by atoms with Gasteiger partial charge in [0, 0.05) is 22.5 Å². The summed E-state index contributed by atoms with van der Waals surface area (Å²) in [5.74, 6) is 1.45. The van der Waals surface area contributed by atoms with Crippen LogP contribution in [0.5, 0.6) is 0 Å². The van der Waals surface area contributed by atoms with Gasteiger partial charge in [-0.15, -0.1) is 11.3 Å². The molecule has 2 aromatic rings. The molecule has 2 heterocycles. The minimum absolute atomic E-state index is 0.209. The Labute approximate surface area is 132 Å². The molecule has 2 rings (SSSR count). The van der Waals surface area contributed by atoms with Gasteiger partial charge in [-0.2, -0.15) is 4.98 Å². The fourth-order valence-corrected chi connectivity index (χ4v) is 3.40. The van der Waals surface area contributed by atoms with Crippen molar-refractivity contribution in [1.82, 2.24) is 9.97 Å². The molecule has 1 unspecified atom stereocenters. The van der Waals surface area contributed by atoms with Gasteiger partial charge in [0.1, 0.15) is 5.82 Å². The summed E-state index contributed by atoms with van der Waals surface area (Å²) < 4.78 is 0.871. The van der Waals surface area contributed by atoms with Crippen molar-refractivity contribution in [3.05, 3.63) is 32.1 Å². The molecule has 0 aliphatic rings. The number of thiophene rings is 1. The molecular formula is C14H19BrN4S. The second-order valence-corrected chi connectivity index (χ2v) is 6.97. The zero-order valence-electron chi connectivity index (χ0n) is 12.1. The fourth-order valence-electron chi connectivity index (χ4n) is 2.07. The Bertz CT molecular complexity index is 597. The van der Waals surface area contributed by atoms with Crippen LogP contribution in [0.1, 0.15) is 35.2 Å². The Morgan fingerprint density at radius 2 is 2.15 bits per heavy atom. The highest BCUT2D eigenvalue weighted by Crippen LogP contribution is 2.30. The molecule has 0 amide bonds. The first-order valence-corrected chi connectivity index (χ1v) is 8.22. The summed E-state index contributed by atoms with van der Waals surface area (Å²) in [7, 11) is 0. The molecule has 2 N–H and O–H groups in total. The minimum atomic E-state index is 0.209. The highest BCUT2D eigenvalue weighted by molar-refractivity contribution is 9.10. The lowest BCUT2D eigenvalue weighted by molar-refractivity contribution is 0.867. The second kappa shape index (κ2) is 6.54. The van der Waals surface area contributed by atoms with Gasteiger partial charge in [0.25, 0.3) is 0 Å². The number of hydrogen-bond acceptors (Lipinski definition) is 5. The maximum Gasteiger partial charge on any atom is 0.224 e. The summed E-state index contributed by atoms with van der Waals surface area (Å²) in [6, 6.07) is 2.44. The molecule has 0 saturated carbocycles. The molecule has 0 aliphatic heterocycles.